The fraction of sp³-hybridized carbons (Fsp3) is 0.385. The van der Waals surface area contributed by atoms with E-state index in [1.54, 1.807) is 11.3 Å². The molecule has 1 aliphatic rings. The highest BCUT2D eigenvalue weighted by Gasteiger charge is 2.18. The number of nitrogens with zero attached hydrogens (tertiary/aromatic N) is 3. The Balaban J connectivity index is 1.78. The van der Waals surface area contributed by atoms with Crippen LogP contribution in [0.1, 0.15) is 12.8 Å². The zero-order valence-electron chi connectivity index (χ0n) is 10.4. The summed E-state index contributed by atoms with van der Waals surface area (Å²) >= 11 is 5.14. The van der Waals surface area contributed by atoms with Crippen molar-refractivity contribution in [3.8, 4) is 10.4 Å². The largest absolute Gasteiger partial charge is 0.339 e. The number of hydrogen-bond donors (Lipinski definition) is 1. The van der Waals surface area contributed by atoms with Crippen molar-refractivity contribution in [1.29, 1.82) is 0 Å². The molecular weight excluding hydrogens is 324 g/mol. The first-order chi connectivity index (χ1) is 9.22. The molecule has 1 atom stereocenters. The van der Waals surface area contributed by atoms with E-state index >= 15 is 0 Å². The molecule has 0 radical (unpaired) electrons. The van der Waals surface area contributed by atoms with Crippen LogP contribution in [0.2, 0.25) is 0 Å². The summed E-state index contributed by atoms with van der Waals surface area (Å²) in [5.41, 5.74) is 7.04. The van der Waals surface area contributed by atoms with Crippen LogP contribution >= 0.6 is 27.3 Å². The average Bonchev–Trinajstić information content (AvgIpc) is 2.86. The summed E-state index contributed by atoms with van der Waals surface area (Å²) in [6.07, 6.45) is 5.99. The van der Waals surface area contributed by atoms with E-state index in [2.05, 4.69) is 42.2 Å². The zero-order chi connectivity index (χ0) is 13.2. The topological polar surface area (TPSA) is 55.0 Å². The maximum Gasteiger partial charge on any atom is 0.225 e. The minimum Gasteiger partial charge on any atom is -0.339 e. The Morgan fingerprint density at radius 3 is 2.79 bits per heavy atom. The van der Waals surface area contributed by atoms with Gasteiger partial charge in [-0.1, -0.05) is 0 Å². The Bertz CT molecular complexity index is 554. The van der Waals surface area contributed by atoms with Crippen molar-refractivity contribution in [1.82, 2.24) is 9.97 Å². The summed E-state index contributed by atoms with van der Waals surface area (Å²) in [5.74, 6) is 0.787. The van der Waals surface area contributed by atoms with Crippen LogP contribution in [0.4, 0.5) is 5.95 Å². The molecule has 2 aromatic heterocycles. The molecule has 0 bridgehead atoms. The van der Waals surface area contributed by atoms with Crippen molar-refractivity contribution in [2.24, 2.45) is 5.73 Å². The van der Waals surface area contributed by atoms with Crippen molar-refractivity contribution in [3.63, 3.8) is 0 Å². The van der Waals surface area contributed by atoms with Gasteiger partial charge in [0, 0.05) is 51.8 Å². The number of halogens is 1. The van der Waals surface area contributed by atoms with Crippen LogP contribution in [-0.4, -0.2) is 29.1 Å². The van der Waals surface area contributed by atoms with E-state index in [9.17, 15) is 0 Å². The van der Waals surface area contributed by atoms with E-state index in [1.807, 2.05) is 12.4 Å². The van der Waals surface area contributed by atoms with Crippen LogP contribution in [-0.2, 0) is 0 Å². The second kappa shape index (κ2) is 5.56. The predicted molar refractivity (Wildman–Crippen MR) is 82.5 cm³/mol. The number of hydrogen-bond acceptors (Lipinski definition) is 5. The number of anilines is 1. The molecule has 3 rings (SSSR count). The normalized spacial score (nSPS) is 19.7. The van der Waals surface area contributed by atoms with Crippen molar-refractivity contribution < 1.29 is 0 Å². The lowest BCUT2D eigenvalue weighted by atomic mass is 10.1. The van der Waals surface area contributed by atoms with E-state index in [4.69, 9.17) is 5.73 Å². The molecule has 100 valence electrons. The molecule has 2 aromatic rings. The third kappa shape index (κ3) is 2.96. The summed E-state index contributed by atoms with van der Waals surface area (Å²) in [6.45, 7) is 1.85. The molecule has 2 N–H and O–H groups in total. The van der Waals surface area contributed by atoms with Gasteiger partial charge in [0.15, 0.2) is 0 Å². The van der Waals surface area contributed by atoms with Gasteiger partial charge in [-0.15, -0.1) is 11.3 Å². The summed E-state index contributed by atoms with van der Waals surface area (Å²) in [5, 5.41) is 2.06. The van der Waals surface area contributed by atoms with E-state index < -0.39 is 0 Å². The van der Waals surface area contributed by atoms with Crippen LogP contribution < -0.4 is 10.6 Å². The third-order valence-electron chi connectivity index (χ3n) is 3.23. The first-order valence-corrected chi connectivity index (χ1v) is 7.96. The molecule has 0 amide bonds. The van der Waals surface area contributed by atoms with Crippen LogP contribution in [0.5, 0.6) is 0 Å². The van der Waals surface area contributed by atoms with Gasteiger partial charge in [0.05, 0.1) is 0 Å². The van der Waals surface area contributed by atoms with Crippen molar-refractivity contribution in [3.05, 3.63) is 28.3 Å². The average molecular weight is 339 g/mol. The molecule has 1 saturated heterocycles. The molecule has 3 heterocycles. The first kappa shape index (κ1) is 13.0. The summed E-state index contributed by atoms with van der Waals surface area (Å²) in [6, 6.07) is 2.32. The smallest absolute Gasteiger partial charge is 0.225 e. The van der Waals surface area contributed by atoms with Gasteiger partial charge in [-0.05, 0) is 34.8 Å². The summed E-state index contributed by atoms with van der Waals surface area (Å²) in [4.78, 5) is 12.3. The maximum absolute atomic E-state index is 5.99. The van der Waals surface area contributed by atoms with Crippen LogP contribution in [0.25, 0.3) is 10.4 Å². The number of nitrogens with two attached hydrogens (primary N) is 1. The highest BCUT2D eigenvalue weighted by Crippen LogP contribution is 2.29. The van der Waals surface area contributed by atoms with Gasteiger partial charge in [-0.3, -0.25) is 0 Å². The highest BCUT2D eigenvalue weighted by atomic mass is 79.9. The Morgan fingerprint density at radius 1 is 1.37 bits per heavy atom. The molecule has 19 heavy (non-hydrogen) atoms. The van der Waals surface area contributed by atoms with Gasteiger partial charge in [0.1, 0.15) is 0 Å². The molecule has 6 heteroatoms. The summed E-state index contributed by atoms with van der Waals surface area (Å²) in [7, 11) is 0. The van der Waals surface area contributed by atoms with E-state index in [0.29, 0.717) is 0 Å². The second-order valence-electron chi connectivity index (χ2n) is 4.75. The number of rotatable bonds is 2. The quantitative estimate of drug-likeness (QED) is 0.914. The van der Waals surface area contributed by atoms with Gasteiger partial charge >= 0.3 is 0 Å². The highest BCUT2D eigenvalue weighted by molar-refractivity contribution is 9.10. The van der Waals surface area contributed by atoms with Crippen LogP contribution in [0, 0.1) is 0 Å². The lowest BCUT2D eigenvalue weighted by molar-refractivity contribution is 0.500. The molecule has 0 aromatic carbocycles. The SMILES string of the molecule is NC1CCCN(c2ncc(-c3cc(Br)cs3)cn2)C1. The Morgan fingerprint density at radius 2 is 2.16 bits per heavy atom. The molecule has 1 fully saturated rings. The summed E-state index contributed by atoms with van der Waals surface area (Å²) < 4.78 is 1.10. The molecule has 4 nitrogen and oxygen atoms in total. The van der Waals surface area contributed by atoms with Crippen LogP contribution in [0.3, 0.4) is 0 Å². The monoisotopic (exact) mass is 338 g/mol. The van der Waals surface area contributed by atoms with E-state index in [-0.39, 0.29) is 6.04 Å². The minimum atomic E-state index is 0.241. The number of piperidine rings is 1. The molecule has 1 aliphatic heterocycles. The van der Waals surface area contributed by atoms with Crippen LogP contribution in [0.15, 0.2) is 28.3 Å². The van der Waals surface area contributed by atoms with Gasteiger partial charge in [0.2, 0.25) is 5.95 Å². The molecule has 0 spiro atoms. The van der Waals surface area contributed by atoms with Gasteiger partial charge in [0.25, 0.3) is 0 Å². The zero-order valence-corrected chi connectivity index (χ0v) is 12.8. The second-order valence-corrected chi connectivity index (χ2v) is 6.58. The van der Waals surface area contributed by atoms with Gasteiger partial charge in [-0.2, -0.15) is 0 Å². The standard InChI is InChI=1S/C13H15BrN4S/c14-10-4-12(19-8-10)9-5-16-13(17-6-9)18-3-1-2-11(15)7-18/h4-6,8,11H,1-3,7,15H2. The van der Waals surface area contributed by atoms with E-state index in [1.165, 1.54) is 4.88 Å². The lowest BCUT2D eigenvalue weighted by Crippen LogP contribution is -2.43. The fourth-order valence-electron chi connectivity index (χ4n) is 2.27. The number of aromatic nitrogens is 2. The molecule has 1 unspecified atom stereocenters. The Hall–Kier alpha value is -0.980. The van der Waals surface area contributed by atoms with Crippen molar-refractivity contribution >= 4 is 33.2 Å². The Kier molecular flexibility index (Phi) is 3.81. The van der Waals surface area contributed by atoms with Crippen molar-refractivity contribution in [2.75, 3.05) is 18.0 Å². The van der Waals surface area contributed by atoms with E-state index in [0.717, 1.165) is 41.9 Å². The Labute approximate surface area is 124 Å². The third-order valence-corrected chi connectivity index (χ3v) is 4.97. The van der Waals surface area contributed by atoms with Gasteiger partial charge in [-0.25, -0.2) is 9.97 Å². The van der Waals surface area contributed by atoms with Gasteiger partial charge < -0.3 is 10.6 Å². The molecular formula is C13H15BrN4S. The molecule has 0 saturated carbocycles. The number of thiophene rings is 1. The van der Waals surface area contributed by atoms with Crippen molar-refractivity contribution in [2.45, 2.75) is 18.9 Å². The first-order valence-electron chi connectivity index (χ1n) is 6.29. The maximum atomic E-state index is 5.99. The fourth-order valence-corrected chi connectivity index (χ4v) is 3.67. The predicted octanol–water partition coefficient (Wildman–Crippen LogP) is 2.90. The molecule has 0 aliphatic carbocycles. The lowest BCUT2D eigenvalue weighted by Gasteiger charge is -2.30. The minimum absolute atomic E-state index is 0.241.